The smallest absolute Gasteiger partial charge is 0.323 e. The first-order chi connectivity index (χ1) is 17.9. The van der Waals surface area contributed by atoms with Crippen LogP contribution in [0.2, 0.25) is 5.02 Å². The first kappa shape index (κ1) is 24.6. The Bertz CT molecular complexity index is 1420. The van der Waals surface area contributed by atoms with Crippen molar-refractivity contribution in [2.75, 3.05) is 28.6 Å². The molecule has 0 radical (unpaired) electrons. The predicted molar refractivity (Wildman–Crippen MR) is 143 cm³/mol. The summed E-state index contributed by atoms with van der Waals surface area (Å²) in [7, 11) is 1.83. The van der Waals surface area contributed by atoms with Gasteiger partial charge in [-0.2, -0.15) is 5.10 Å². The standard InChI is InChI=1S/C27H26ClFN6O2/c1-34-17-18(16-31-34)25-14-23(7-8-30-25)37-22-5-6-24(29)26(15-22)33-27(36)32-20-11-19(28)12-21(13-20)35-9-3-2-4-10-35/h5-8,11-17H,2-4,9-10H2,1H3,(H2,32,33,36). The third kappa shape index (κ3) is 6.18. The largest absolute Gasteiger partial charge is 0.457 e. The molecule has 4 aromatic rings. The Kier molecular flexibility index (Phi) is 7.23. The molecule has 0 bridgehead atoms. The SMILES string of the molecule is Cn1cc(-c2cc(Oc3ccc(F)c(NC(=O)Nc4cc(Cl)cc(N5CCCCC5)c4)c3)ccn2)cn1. The van der Waals surface area contributed by atoms with Crippen molar-refractivity contribution < 1.29 is 13.9 Å². The lowest BCUT2D eigenvalue weighted by atomic mass is 10.1. The summed E-state index contributed by atoms with van der Waals surface area (Å²) in [6.45, 7) is 1.90. The van der Waals surface area contributed by atoms with E-state index in [9.17, 15) is 9.18 Å². The van der Waals surface area contributed by atoms with Gasteiger partial charge in [-0.3, -0.25) is 9.67 Å². The van der Waals surface area contributed by atoms with E-state index in [-0.39, 0.29) is 5.69 Å². The Balaban J connectivity index is 1.27. The summed E-state index contributed by atoms with van der Waals surface area (Å²) in [6.07, 6.45) is 8.64. The molecule has 1 fully saturated rings. The fourth-order valence-corrected chi connectivity index (χ4v) is 4.48. The van der Waals surface area contributed by atoms with Gasteiger partial charge >= 0.3 is 6.03 Å². The molecule has 0 unspecified atom stereocenters. The van der Waals surface area contributed by atoms with Gasteiger partial charge in [-0.1, -0.05) is 11.6 Å². The average Bonchev–Trinajstić information content (AvgIpc) is 3.33. The van der Waals surface area contributed by atoms with Crippen molar-refractivity contribution in [1.82, 2.24) is 14.8 Å². The zero-order valence-electron chi connectivity index (χ0n) is 20.2. The highest BCUT2D eigenvalue weighted by molar-refractivity contribution is 6.31. The van der Waals surface area contributed by atoms with Gasteiger partial charge in [0.25, 0.3) is 0 Å². The van der Waals surface area contributed by atoms with E-state index in [2.05, 4.69) is 25.6 Å². The second-order valence-corrected chi connectivity index (χ2v) is 9.28. The minimum atomic E-state index is -0.592. The summed E-state index contributed by atoms with van der Waals surface area (Å²) < 4.78 is 22.1. The number of benzene rings is 2. The second kappa shape index (κ2) is 10.9. The maximum absolute atomic E-state index is 14.5. The lowest BCUT2D eigenvalue weighted by molar-refractivity contribution is 0.262. The molecular weight excluding hydrogens is 495 g/mol. The van der Waals surface area contributed by atoms with Gasteiger partial charge in [-0.15, -0.1) is 0 Å². The molecule has 10 heteroatoms. The lowest BCUT2D eigenvalue weighted by Gasteiger charge is -2.29. The zero-order valence-corrected chi connectivity index (χ0v) is 21.0. The molecule has 2 aromatic carbocycles. The normalized spacial score (nSPS) is 13.3. The van der Waals surface area contributed by atoms with Crippen LogP contribution in [0.15, 0.2) is 67.1 Å². The molecule has 0 spiro atoms. The number of nitrogens with zero attached hydrogens (tertiary/aromatic N) is 4. The molecule has 3 heterocycles. The number of carbonyl (C=O) groups is 1. The van der Waals surface area contributed by atoms with Gasteiger partial charge in [0.1, 0.15) is 17.3 Å². The van der Waals surface area contributed by atoms with Crippen molar-refractivity contribution in [3.05, 3.63) is 78.0 Å². The maximum atomic E-state index is 14.5. The van der Waals surface area contributed by atoms with Crippen LogP contribution in [0.3, 0.4) is 0 Å². The molecule has 0 saturated carbocycles. The van der Waals surface area contributed by atoms with E-state index in [1.54, 1.807) is 35.3 Å². The number of urea groups is 1. The van der Waals surface area contributed by atoms with Crippen LogP contribution < -0.4 is 20.3 Å². The van der Waals surface area contributed by atoms with Crippen molar-refractivity contribution in [2.24, 2.45) is 7.05 Å². The summed E-state index contributed by atoms with van der Waals surface area (Å²) in [5, 5.41) is 9.98. The fourth-order valence-electron chi connectivity index (χ4n) is 4.25. The molecule has 190 valence electrons. The number of aryl methyl sites for hydroxylation is 1. The summed E-state index contributed by atoms with van der Waals surface area (Å²) in [5.41, 5.74) is 2.99. The van der Waals surface area contributed by atoms with Crippen LogP contribution in [0.25, 0.3) is 11.3 Å². The number of nitrogens with one attached hydrogen (secondary N) is 2. The van der Waals surface area contributed by atoms with Crippen LogP contribution in [-0.4, -0.2) is 33.9 Å². The van der Waals surface area contributed by atoms with Crippen molar-refractivity contribution in [2.45, 2.75) is 19.3 Å². The van der Waals surface area contributed by atoms with E-state index in [0.717, 1.165) is 37.2 Å². The Hall–Kier alpha value is -4.11. The lowest BCUT2D eigenvalue weighted by Crippen LogP contribution is -2.29. The number of rotatable bonds is 6. The number of hydrogen-bond donors (Lipinski definition) is 2. The summed E-state index contributed by atoms with van der Waals surface area (Å²) >= 11 is 6.30. The van der Waals surface area contributed by atoms with Crippen LogP contribution in [0.1, 0.15) is 19.3 Å². The van der Waals surface area contributed by atoms with Crippen LogP contribution in [-0.2, 0) is 7.05 Å². The van der Waals surface area contributed by atoms with E-state index < -0.39 is 11.8 Å². The summed E-state index contributed by atoms with van der Waals surface area (Å²) in [6, 6.07) is 12.4. The highest BCUT2D eigenvalue weighted by atomic mass is 35.5. The number of carbonyl (C=O) groups excluding carboxylic acids is 1. The number of hydrogen-bond acceptors (Lipinski definition) is 5. The minimum Gasteiger partial charge on any atom is -0.457 e. The average molecular weight is 521 g/mol. The number of anilines is 3. The van der Waals surface area contributed by atoms with E-state index in [0.29, 0.717) is 27.9 Å². The minimum absolute atomic E-state index is 0.0187. The third-order valence-corrected chi connectivity index (χ3v) is 6.23. The van der Waals surface area contributed by atoms with Gasteiger partial charge in [-0.25, -0.2) is 9.18 Å². The van der Waals surface area contributed by atoms with E-state index in [1.165, 1.54) is 24.6 Å². The monoisotopic (exact) mass is 520 g/mol. The highest BCUT2D eigenvalue weighted by Gasteiger charge is 2.15. The molecule has 8 nitrogen and oxygen atoms in total. The van der Waals surface area contributed by atoms with Gasteiger partial charge in [0.05, 0.1) is 17.6 Å². The van der Waals surface area contributed by atoms with Crippen LogP contribution in [0.5, 0.6) is 11.5 Å². The molecule has 1 aliphatic heterocycles. The van der Waals surface area contributed by atoms with Gasteiger partial charge in [0.2, 0.25) is 0 Å². The topological polar surface area (TPSA) is 84.3 Å². The molecule has 5 rings (SSSR count). The molecule has 0 aliphatic carbocycles. The third-order valence-electron chi connectivity index (χ3n) is 6.02. The van der Waals surface area contributed by atoms with Crippen LogP contribution in [0, 0.1) is 5.82 Å². The zero-order chi connectivity index (χ0) is 25.8. The predicted octanol–water partition coefficient (Wildman–Crippen LogP) is 6.70. The molecule has 1 aliphatic rings. The van der Waals surface area contributed by atoms with Crippen LogP contribution in [0.4, 0.5) is 26.2 Å². The molecule has 2 N–H and O–H groups in total. The number of halogens is 2. The van der Waals surface area contributed by atoms with Crippen molar-refractivity contribution in [1.29, 1.82) is 0 Å². The van der Waals surface area contributed by atoms with Crippen molar-refractivity contribution >= 4 is 34.7 Å². The Labute approximate surface area is 219 Å². The molecule has 0 atom stereocenters. The van der Waals surface area contributed by atoms with Gasteiger partial charge < -0.3 is 20.3 Å². The Morgan fingerprint density at radius 1 is 1.03 bits per heavy atom. The van der Waals surface area contributed by atoms with Gasteiger partial charge in [0, 0.05) is 66.6 Å². The Morgan fingerprint density at radius 2 is 1.84 bits per heavy atom. The Morgan fingerprint density at radius 3 is 2.62 bits per heavy atom. The number of ether oxygens (including phenoxy) is 1. The maximum Gasteiger partial charge on any atom is 0.323 e. The van der Waals surface area contributed by atoms with Crippen molar-refractivity contribution in [3.8, 4) is 22.8 Å². The molecule has 1 saturated heterocycles. The van der Waals surface area contributed by atoms with E-state index in [4.69, 9.17) is 16.3 Å². The van der Waals surface area contributed by atoms with Crippen molar-refractivity contribution in [3.63, 3.8) is 0 Å². The number of amides is 2. The molecule has 2 aromatic heterocycles. The summed E-state index contributed by atoms with van der Waals surface area (Å²) in [5.74, 6) is 0.281. The molecule has 2 amide bonds. The van der Waals surface area contributed by atoms with E-state index >= 15 is 0 Å². The highest BCUT2D eigenvalue weighted by Crippen LogP contribution is 2.30. The quantitative estimate of drug-likeness (QED) is 0.295. The number of aromatic nitrogens is 3. The molecular formula is C27H26ClFN6O2. The van der Waals surface area contributed by atoms with Gasteiger partial charge in [-0.05, 0) is 55.7 Å². The van der Waals surface area contributed by atoms with Crippen LogP contribution >= 0.6 is 11.6 Å². The van der Waals surface area contributed by atoms with Gasteiger partial charge in [0.15, 0.2) is 0 Å². The first-order valence-electron chi connectivity index (χ1n) is 12.0. The number of piperidine rings is 1. The fraction of sp³-hybridized carbons (Fsp3) is 0.222. The summed E-state index contributed by atoms with van der Waals surface area (Å²) in [4.78, 5) is 19.3. The van der Waals surface area contributed by atoms with E-state index in [1.807, 2.05) is 25.4 Å². The second-order valence-electron chi connectivity index (χ2n) is 8.85. The molecule has 37 heavy (non-hydrogen) atoms. The first-order valence-corrected chi connectivity index (χ1v) is 12.4. The number of pyridine rings is 1.